The molecule has 1 aromatic rings. The molecule has 0 aliphatic carbocycles. The average molecular weight is 237 g/mol. The van der Waals surface area contributed by atoms with Crippen molar-refractivity contribution in [3.05, 3.63) is 29.8 Å². The van der Waals surface area contributed by atoms with Crippen LogP contribution in [-0.2, 0) is 4.79 Å². The molecule has 0 saturated heterocycles. The largest absolute Gasteiger partial charge is 0.325 e. The fourth-order valence-corrected chi connectivity index (χ4v) is 1.70. The molecule has 1 rings (SSSR count). The second-order valence-corrected chi connectivity index (χ2v) is 4.38. The molecule has 0 bridgehead atoms. The molecule has 0 aromatic heterocycles. The van der Waals surface area contributed by atoms with Crippen LogP contribution in [0.4, 0.5) is 5.69 Å². The molecule has 4 heteroatoms. The van der Waals surface area contributed by atoms with Gasteiger partial charge in [-0.25, -0.2) is 0 Å². The van der Waals surface area contributed by atoms with Crippen molar-refractivity contribution in [2.75, 3.05) is 17.3 Å². The van der Waals surface area contributed by atoms with E-state index < -0.39 is 0 Å². The van der Waals surface area contributed by atoms with E-state index in [1.54, 1.807) is 36.0 Å². The van der Waals surface area contributed by atoms with Crippen LogP contribution in [0.3, 0.4) is 0 Å². The standard InChI is InChI=1S/C12H15NO2S/c1-9(14)10-5-3-4-6-11(10)13-12(15)7-8-16-2/h3-6H,7-8H2,1-2H3,(H,13,15). The molecular weight excluding hydrogens is 222 g/mol. The number of carbonyl (C=O) groups excluding carboxylic acids is 2. The number of hydrogen-bond donors (Lipinski definition) is 1. The Morgan fingerprint density at radius 3 is 2.62 bits per heavy atom. The fraction of sp³-hybridized carbons (Fsp3) is 0.333. The molecule has 0 aliphatic rings. The molecule has 0 unspecified atom stereocenters. The van der Waals surface area contributed by atoms with E-state index in [1.807, 2.05) is 6.26 Å². The van der Waals surface area contributed by atoms with E-state index in [9.17, 15) is 9.59 Å². The van der Waals surface area contributed by atoms with Gasteiger partial charge in [0.1, 0.15) is 0 Å². The highest BCUT2D eigenvalue weighted by Gasteiger charge is 2.08. The molecule has 0 atom stereocenters. The van der Waals surface area contributed by atoms with Crippen LogP contribution in [0.15, 0.2) is 24.3 Å². The van der Waals surface area contributed by atoms with Crippen molar-refractivity contribution < 1.29 is 9.59 Å². The van der Waals surface area contributed by atoms with Gasteiger partial charge in [0.2, 0.25) is 5.91 Å². The fourth-order valence-electron chi connectivity index (χ4n) is 1.31. The van der Waals surface area contributed by atoms with Crippen LogP contribution in [0.5, 0.6) is 0 Å². The maximum Gasteiger partial charge on any atom is 0.225 e. The molecule has 1 amide bonds. The van der Waals surface area contributed by atoms with Gasteiger partial charge in [0.25, 0.3) is 0 Å². The van der Waals surface area contributed by atoms with E-state index in [-0.39, 0.29) is 11.7 Å². The smallest absolute Gasteiger partial charge is 0.225 e. The number of ketones is 1. The number of Topliss-reactive ketones (excluding diaryl/α,β-unsaturated/α-hetero) is 1. The van der Waals surface area contributed by atoms with Crippen molar-refractivity contribution in [2.45, 2.75) is 13.3 Å². The Kier molecular flexibility index (Phi) is 5.05. The summed E-state index contributed by atoms with van der Waals surface area (Å²) in [5.74, 6) is 0.692. The van der Waals surface area contributed by atoms with Gasteiger partial charge in [0, 0.05) is 17.7 Å². The molecule has 0 fully saturated rings. The van der Waals surface area contributed by atoms with Crippen molar-refractivity contribution in [3.63, 3.8) is 0 Å². The highest BCUT2D eigenvalue weighted by Crippen LogP contribution is 2.15. The molecule has 0 aliphatic heterocycles. The Labute approximate surface area is 99.6 Å². The molecule has 3 nitrogen and oxygen atoms in total. The Morgan fingerprint density at radius 1 is 1.31 bits per heavy atom. The zero-order valence-electron chi connectivity index (χ0n) is 9.45. The van der Waals surface area contributed by atoms with E-state index in [1.165, 1.54) is 6.92 Å². The summed E-state index contributed by atoms with van der Waals surface area (Å²) in [7, 11) is 0. The number of para-hydroxylation sites is 1. The quantitative estimate of drug-likeness (QED) is 0.801. The van der Waals surface area contributed by atoms with Crippen LogP contribution in [0.2, 0.25) is 0 Å². The number of benzene rings is 1. The maximum absolute atomic E-state index is 11.5. The maximum atomic E-state index is 11.5. The van der Waals surface area contributed by atoms with Crippen LogP contribution in [0.1, 0.15) is 23.7 Å². The minimum absolute atomic E-state index is 0.0410. The second-order valence-electron chi connectivity index (χ2n) is 3.39. The number of thioether (sulfide) groups is 1. The molecule has 0 saturated carbocycles. The number of carbonyl (C=O) groups is 2. The average Bonchev–Trinajstić information content (AvgIpc) is 2.27. The first-order valence-corrected chi connectivity index (χ1v) is 6.43. The predicted molar refractivity (Wildman–Crippen MR) is 68.1 cm³/mol. The lowest BCUT2D eigenvalue weighted by Gasteiger charge is -2.08. The van der Waals surface area contributed by atoms with Gasteiger partial charge in [-0.15, -0.1) is 0 Å². The molecule has 16 heavy (non-hydrogen) atoms. The lowest BCUT2D eigenvalue weighted by Crippen LogP contribution is -2.14. The SMILES string of the molecule is CSCCC(=O)Nc1ccccc1C(C)=O. The van der Waals surface area contributed by atoms with E-state index in [0.29, 0.717) is 17.7 Å². The summed E-state index contributed by atoms with van der Waals surface area (Å²) in [4.78, 5) is 22.8. The third-order valence-electron chi connectivity index (χ3n) is 2.11. The van der Waals surface area contributed by atoms with Gasteiger partial charge < -0.3 is 5.32 Å². The first kappa shape index (κ1) is 12.8. The zero-order valence-corrected chi connectivity index (χ0v) is 10.3. The Hall–Kier alpha value is -1.29. The van der Waals surface area contributed by atoms with Crippen molar-refractivity contribution in [3.8, 4) is 0 Å². The number of hydrogen-bond acceptors (Lipinski definition) is 3. The van der Waals surface area contributed by atoms with Gasteiger partial charge in [-0.2, -0.15) is 11.8 Å². The van der Waals surface area contributed by atoms with Gasteiger partial charge >= 0.3 is 0 Å². The predicted octanol–water partition coefficient (Wildman–Crippen LogP) is 2.58. The van der Waals surface area contributed by atoms with Gasteiger partial charge in [-0.05, 0) is 25.3 Å². The van der Waals surface area contributed by atoms with Crippen molar-refractivity contribution in [2.24, 2.45) is 0 Å². The highest BCUT2D eigenvalue weighted by molar-refractivity contribution is 7.98. The molecule has 86 valence electrons. The lowest BCUT2D eigenvalue weighted by molar-refractivity contribution is -0.115. The first-order valence-electron chi connectivity index (χ1n) is 5.04. The Morgan fingerprint density at radius 2 is 2.00 bits per heavy atom. The zero-order chi connectivity index (χ0) is 12.0. The molecule has 0 radical (unpaired) electrons. The third-order valence-corrected chi connectivity index (χ3v) is 2.73. The molecule has 1 aromatic carbocycles. The molecule has 0 spiro atoms. The van der Waals surface area contributed by atoms with Gasteiger partial charge in [-0.3, -0.25) is 9.59 Å². The van der Waals surface area contributed by atoms with Crippen LogP contribution < -0.4 is 5.32 Å². The summed E-state index contributed by atoms with van der Waals surface area (Å²) in [5.41, 5.74) is 1.15. The van der Waals surface area contributed by atoms with E-state index in [0.717, 1.165) is 5.75 Å². The van der Waals surface area contributed by atoms with E-state index in [2.05, 4.69) is 5.32 Å². The summed E-state index contributed by atoms with van der Waals surface area (Å²) in [6.07, 6.45) is 2.42. The number of nitrogens with one attached hydrogen (secondary N) is 1. The first-order chi connectivity index (χ1) is 7.65. The summed E-state index contributed by atoms with van der Waals surface area (Å²) >= 11 is 1.62. The van der Waals surface area contributed by atoms with Crippen LogP contribution in [-0.4, -0.2) is 23.7 Å². The lowest BCUT2D eigenvalue weighted by atomic mass is 10.1. The van der Waals surface area contributed by atoms with E-state index >= 15 is 0 Å². The third kappa shape index (κ3) is 3.70. The topological polar surface area (TPSA) is 46.2 Å². The summed E-state index contributed by atoms with van der Waals surface area (Å²) in [6, 6.07) is 7.05. The van der Waals surface area contributed by atoms with Gasteiger partial charge in [0.05, 0.1) is 5.69 Å². The van der Waals surface area contributed by atoms with Gasteiger partial charge in [-0.1, -0.05) is 12.1 Å². The molecular formula is C12H15NO2S. The number of anilines is 1. The van der Waals surface area contributed by atoms with Crippen LogP contribution in [0, 0.1) is 0 Å². The van der Waals surface area contributed by atoms with Crippen molar-refractivity contribution >= 4 is 29.1 Å². The monoisotopic (exact) mass is 237 g/mol. The number of amides is 1. The second kappa shape index (κ2) is 6.33. The minimum atomic E-state index is -0.0527. The van der Waals surface area contributed by atoms with Crippen LogP contribution in [0.25, 0.3) is 0 Å². The number of rotatable bonds is 5. The van der Waals surface area contributed by atoms with Crippen molar-refractivity contribution in [1.29, 1.82) is 0 Å². The van der Waals surface area contributed by atoms with E-state index in [4.69, 9.17) is 0 Å². The van der Waals surface area contributed by atoms with Gasteiger partial charge in [0.15, 0.2) is 5.78 Å². The normalized spacial score (nSPS) is 9.88. The summed E-state index contributed by atoms with van der Waals surface area (Å²) in [5, 5.41) is 2.75. The summed E-state index contributed by atoms with van der Waals surface area (Å²) in [6.45, 7) is 1.49. The summed E-state index contributed by atoms with van der Waals surface area (Å²) < 4.78 is 0. The van der Waals surface area contributed by atoms with Crippen LogP contribution >= 0.6 is 11.8 Å². The Balaban J connectivity index is 2.73. The Bertz CT molecular complexity index is 390. The minimum Gasteiger partial charge on any atom is -0.325 e. The molecule has 0 heterocycles. The van der Waals surface area contributed by atoms with Crippen molar-refractivity contribution in [1.82, 2.24) is 0 Å². The highest BCUT2D eigenvalue weighted by atomic mass is 32.2. The molecule has 1 N–H and O–H groups in total.